The third-order valence-corrected chi connectivity index (χ3v) is 4.43. The number of ether oxygens (including phenoxy) is 2. The summed E-state index contributed by atoms with van der Waals surface area (Å²) in [5, 5.41) is 4.57. The number of rotatable bonds is 1. The van der Waals surface area contributed by atoms with E-state index < -0.39 is 0 Å². The summed E-state index contributed by atoms with van der Waals surface area (Å²) in [4.78, 5) is 2.13. The van der Waals surface area contributed by atoms with Crippen molar-refractivity contribution >= 4 is 34.6 Å². The molecule has 0 amide bonds. The van der Waals surface area contributed by atoms with Gasteiger partial charge in [-0.15, -0.1) is 0 Å². The highest BCUT2D eigenvalue weighted by molar-refractivity contribution is 7.80. The standard InChI is InChI=1S/C14H17ClN2O2S/c15-11-3-1-2-4-12(11)16-13(20)17-7-5-14(6-8-17)18-9-10-19-14/h1-4H,5-10H2,(H,16,20). The van der Waals surface area contributed by atoms with Gasteiger partial charge in [0.25, 0.3) is 0 Å². The second kappa shape index (κ2) is 5.85. The molecule has 0 aliphatic carbocycles. The van der Waals surface area contributed by atoms with Crippen LogP contribution in [0.2, 0.25) is 5.02 Å². The zero-order chi connectivity index (χ0) is 14.0. The van der Waals surface area contributed by atoms with E-state index in [0.29, 0.717) is 23.3 Å². The Morgan fingerprint density at radius 3 is 2.50 bits per heavy atom. The quantitative estimate of drug-likeness (QED) is 0.807. The molecular formula is C14H17ClN2O2S. The molecule has 0 radical (unpaired) electrons. The SMILES string of the molecule is S=C(Nc1ccccc1Cl)N1CCC2(CC1)OCCO2. The van der Waals surface area contributed by atoms with Crippen LogP contribution >= 0.6 is 23.8 Å². The summed E-state index contributed by atoms with van der Waals surface area (Å²) >= 11 is 11.6. The number of halogens is 1. The molecule has 108 valence electrons. The number of nitrogens with zero attached hydrogens (tertiary/aromatic N) is 1. The van der Waals surface area contributed by atoms with Gasteiger partial charge in [0.15, 0.2) is 10.9 Å². The Bertz CT molecular complexity index is 496. The number of thiocarbonyl (C=S) groups is 1. The fraction of sp³-hybridized carbons (Fsp3) is 0.500. The number of para-hydroxylation sites is 1. The summed E-state index contributed by atoms with van der Waals surface area (Å²) in [5.41, 5.74) is 0.841. The van der Waals surface area contributed by atoms with Crippen LogP contribution in [0.4, 0.5) is 5.69 Å². The average Bonchev–Trinajstić information content (AvgIpc) is 2.90. The van der Waals surface area contributed by atoms with Crippen molar-refractivity contribution in [2.75, 3.05) is 31.6 Å². The molecule has 6 heteroatoms. The molecule has 2 saturated heterocycles. The Morgan fingerprint density at radius 1 is 1.20 bits per heavy atom. The molecule has 0 saturated carbocycles. The van der Waals surface area contributed by atoms with Gasteiger partial charge in [0.05, 0.1) is 23.9 Å². The maximum Gasteiger partial charge on any atom is 0.173 e. The summed E-state index contributed by atoms with van der Waals surface area (Å²) in [6.45, 7) is 3.05. The second-order valence-corrected chi connectivity index (χ2v) is 5.80. The van der Waals surface area contributed by atoms with Gasteiger partial charge in [0.1, 0.15) is 0 Å². The van der Waals surface area contributed by atoms with Crippen molar-refractivity contribution in [1.82, 2.24) is 4.90 Å². The van der Waals surface area contributed by atoms with E-state index in [2.05, 4.69) is 10.2 Å². The van der Waals surface area contributed by atoms with Crippen LogP contribution < -0.4 is 5.32 Å². The Morgan fingerprint density at radius 2 is 1.85 bits per heavy atom. The number of piperidine rings is 1. The van der Waals surface area contributed by atoms with E-state index in [1.165, 1.54) is 0 Å². The molecule has 1 N–H and O–H groups in total. The molecule has 20 heavy (non-hydrogen) atoms. The van der Waals surface area contributed by atoms with Crippen LogP contribution in [0.1, 0.15) is 12.8 Å². The molecule has 0 aromatic heterocycles. The van der Waals surface area contributed by atoms with Gasteiger partial charge in [0, 0.05) is 25.9 Å². The average molecular weight is 313 g/mol. The van der Waals surface area contributed by atoms with Crippen molar-refractivity contribution in [1.29, 1.82) is 0 Å². The minimum absolute atomic E-state index is 0.365. The minimum Gasteiger partial charge on any atom is -0.349 e. The molecule has 2 aliphatic heterocycles. The van der Waals surface area contributed by atoms with E-state index in [1.807, 2.05) is 24.3 Å². The minimum atomic E-state index is -0.365. The second-order valence-electron chi connectivity index (χ2n) is 5.00. The molecule has 0 atom stereocenters. The van der Waals surface area contributed by atoms with Crippen molar-refractivity contribution in [2.24, 2.45) is 0 Å². The highest BCUT2D eigenvalue weighted by Crippen LogP contribution is 2.31. The van der Waals surface area contributed by atoms with Crippen LogP contribution in [0, 0.1) is 0 Å². The van der Waals surface area contributed by atoms with Crippen LogP contribution in [0.25, 0.3) is 0 Å². The summed E-state index contributed by atoms with van der Waals surface area (Å²) in [6.07, 6.45) is 1.69. The highest BCUT2D eigenvalue weighted by atomic mass is 35.5. The fourth-order valence-electron chi connectivity index (χ4n) is 2.59. The molecule has 2 aliphatic rings. The van der Waals surface area contributed by atoms with Crippen molar-refractivity contribution in [3.63, 3.8) is 0 Å². The molecule has 3 rings (SSSR count). The van der Waals surface area contributed by atoms with E-state index in [4.69, 9.17) is 33.3 Å². The third-order valence-electron chi connectivity index (χ3n) is 3.74. The maximum atomic E-state index is 6.13. The van der Waals surface area contributed by atoms with Crippen molar-refractivity contribution in [2.45, 2.75) is 18.6 Å². The normalized spacial score (nSPS) is 21.1. The van der Waals surface area contributed by atoms with Gasteiger partial charge in [-0.05, 0) is 24.4 Å². The topological polar surface area (TPSA) is 33.7 Å². The monoisotopic (exact) mass is 312 g/mol. The van der Waals surface area contributed by atoms with Gasteiger partial charge in [-0.3, -0.25) is 0 Å². The lowest BCUT2D eigenvalue weighted by atomic mass is 10.0. The van der Waals surface area contributed by atoms with Gasteiger partial charge >= 0.3 is 0 Å². The number of hydrogen-bond donors (Lipinski definition) is 1. The number of anilines is 1. The van der Waals surface area contributed by atoms with Crippen molar-refractivity contribution in [3.8, 4) is 0 Å². The molecule has 1 spiro atoms. The third kappa shape index (κ3) is 2.91. The smallest absolute Gasteiger partial charge is 0.173 e. The van der Waals surface area contributed by atoms with Crippen molar-refractivity contribution in [3.05, 3.63) is 29.3 Å². The Kier molecular flexibility index (Phi) is 4.12. The zero-order valence-electron chi connectivity index (χ0n) is 11.1. The van der Waals surface area contributed by atoms with Crippen LogP contribution in [0.5, 0.6) is 0 Å². The largest absolute Gasteiger partial charge is 0.349 e. The zero-order valence-corrected chi connectivity index (χ0v) is 12.7. The molecule has 2 fully saturated rings. The molecule has 0 unspecified atom stereocenters. The molecule has 1 aromatic carbocycles. The fourth-order valence-corrected chi connectivity index (χ4v) is 3.07. The van der Waals surface area contributed by atoms with Gasteiger partial charge in [-0.25, -0.2) is 0 Å². The summed E-state index contributed by atoms with van der Waals surface area (Å²) in [5.74, 6) is -0.365. The molecule has 4 nitrogen and oxygen atoms in total. The Balaban J connectivity index is 1.58. The Hall–Kier alpha value is -0.880. The van der Waals surface area contributed by atoms with Crippen LogP contribution in [-0.4, -0.2) is 42.1 Å². The van der Waals surface area contributed by atoms with E-state index in [1.54, 1.807) is 0 Å². The van der Waals surface area contributed by atoms with E-state index in [9.17, 15) is 0 Å². The predicted molar refractivity (Wildman–Crippen MR) is 83.1 cm³/mol. The van der Waals surface area contributed by atoms with Crippen LogP contribution in [0.3, 0.4) is 0 Å². The first-order valence-corrected chi connectivity index (χ1v) is 7.56. The Labute approximate surface area is 129 Å². The number of likely N-dealkylation sites (tertiary alicyclic amines) is 1. The first-order valence-electron chi connectivity index (χ1n) is 6.77. The number of hydrogen-bond acceptors (Lipinski definition) is 3. The van der Waals surface area contributed by atoms with Crippen molar-refractivity contribution < 1.29 is 9.47 Å². The molecule has 1 aromatic rings. The lowest BCUT2D eigenvalue weighted by molar-refractivity contribution is -0.180. The summed E-state index contributed by atoms with van der Waals surface area (Å²) < 4.78 is 11.4. The molecule has 2 heterocycles. The van der Waals surface area contributed by atoms with E-state index in [-0.39, 0.29) is 5.79 Å². The summed E-state index contributed by atoms with van der Waals surface area (Å²) in [6, 6.07) is 7.60. The van der Waals surface area contributed by atoms with E-state index >= 15 is 0 Å². The number of nitrogens with one attached hydrogen (secondary N) is 1. The van der Waals surface area contributed by atoms with Gasteiger partial charge in [-0.1, -0.05) is 23.7 Å². The first-order chi connectivity index (χ1) is 9.69. The van der Waals surface area contributed by atoms with Crippen LogP contribution in [0.15, 0.2) is 24.3 Å². The van der Waals surface area contributed by atoms with E-state index in [0.717, 1.165) is 31.6 Å². The lowest BCUT2D eigenvalue weighted by Crippen LogP contribution is -2.48. The highest BCUT2D eigenvalue weighted by Gasteiger charge is 2.40. The summed E-state index contributed by atoms with van der Waals surface area (Å²) in [7, 11) is 0. The molecular weight excluding hydrogens is 296 g/mol. The van der Waals surface area contributed by atoms with Gasteiger partial charge < -0.3 is 19.7 Å². The van der Waals surface area contributed by atoms with Gasteiger partial charge in [0.2, 0.25) is 0 Å². The maximum absolute atomic E-state index is 6.13. The predicted octanol–water partition coefficient (Wildman–Crippen LogP) is 2.88. The van der Waals surface area contributed by atoms with Gasteiger partial charge in [-0.2, -0.15) is 0 Å². The lowest BCUT2D eigenvalue weighted by Gasteiger charge is -2.38. The first kappa shape index (κ1) is 14.1. The number of benzene rings is 1. The van der Waals surface area contributed by atoms with Crippen LogP contribution in [-0.2, 0) is 9.47 Å². The molecule has 0 bridgehead atoms.